The SMILES string of the molecule is CC.Cc1ccc(Nc2c(C(=O)NOCCO)c3cccnc3n2C)c(C)c1. The Labute approximate surface area is 165 Å². The summed E-state index contributed by atoms with van der Waals surface area (Å²) in [6, 6.07) is 9.71. The van der Waals surface area contributed by atoms with Gasteiger partial charge in [-0.15, -0.1) is 0 Å². The van der Waals surface area contributed by atoms with Crippen LogP contribution in [0.25, 0.3) is 11.0 Å². The van der Waals surface area contributed by atoms with Crippen LogP contribution >= 0.6 is 0 Å². The molecular formula is C21H28N4O3. The fourth-order valence-electron chi connectivity index (χ4n) is 2.93. The number of aryl methyl sites for hydroxylation is 3. The normalized spacial score (nSPS) is 10.4. The lowest BCUT2D eigenvalue weighted by Crippen LogP contribution is -2.25. The molecule has 7 nitrogen and oxygen atoms in total. The van der Waals surface area contributed by atoms with Gasteiger partial charge < -0.3 is 15.0 Å². The highest BCUT2D eigenvalue weighted by atomic mass is 16.7. The number of benzene rings is 1. The molecule has 0 atom stereocenters. The van der Waals surface area contributed by atoms with Crippen LogP contribution in [0.3, 0.4) is 0 Å². The van der Waals surface area contributed by atoms with Crippen LogP contribution in [-0.2, 0) is 11.9 Å². The van der Waals surface area contributed by atoms with Crippen molar-refractivity contribution in [2.24, 2.45) is 7.05 Å². The lowest BCUT2D eigenvalue weighted by atomic mass is 10.1. The number of carbonyl (C=O) groups excluding carboxylic acids is 1. The van der Waals surface area contributed by atoms with Gasteiger partial charge in [-0.2, -0.15) is 0 Å². The summed E-state index contributed by atoms with van der Waals surface area (Å²) in [4.78, 5) is 22.1. The first kappa shape index (κ1) is 21.4. The minimum atomic E-state index is -0.399. The fraction of sp³-hybridized carbons (Fsp3) is 0.333. The average molecular weight is 384 g/mol. The topological polar surface area (TPSA) is 88.4 Å². The molecule has 150 valence electrons. The number of nitrogens with zero attached hydrogens (tertiary/aromatic N) is 2. The molecule has 0 unspecified atom stereocenters. The molecule has 0 fully saturated rings. The van der Waals surface area contributed by atoms with E-state index in [-0.39, 0.29) is 13.2 Å². The van der Waals surface area contributed by atoms with E-state index < -0.39 is 5.91 Å². The van der Waals surface area contributed by atoms with Crippen LogP contribution in [0.4, 0.5) is 11.5 Å². The lowest BCUT2D eigenvalue weighted by molar-refractivity contribution is 0.0170. The van der Waals surface area contributed by atoms with E-state index in [4.69, 9.17) is 9.94 Å². The molecule has 0 saturated heterocycles. The third kappa shape index (κ3) is 4.49. The summed E-state index contributed by atoms with van der Waals surface area (Å²) in [5.74, 6) is 0.222. The predicted octanol–water partition coefficient (Wildman–Crippen LogP) is 3.61. The number of amides is 1. The van der Waals surface area contributed by atoms with E-state index >= 15 is 0 Å². The maximum Gasteiger partial charge on any atom is 0.279 e. The van der Waals surface area contributed by atoms with Crippen molar-refractivity contribution < 1.29 is 14.7 Å². The molecule has 3 rings (SSSR count). The van der Waals surface area contributed by atoms with Gasteiger partial charge in [-0.05, 0) is 37.6 Å². The van der Waals surface area contributed by atoms with Gasteiger partial charge in [0.05, 0.1) is 18.8 Å². The number of carbonyl (C=O) groups is 1. The van der Waals surface area contributed by atoms with Crippen LogP contribution in [-0.4, -0.2) is 33.8 Å². The maximum absolute atomic E-state index is 12.7. The van der Waals surface area contributed by atoms with E-state index in [1.54, 1.807) is 12.3 Å². The molecule has 0 aliphatic heterocycles. The number of fused-ring (bicyclic) bond motifs is 1. The summed E-state index contributed by atoms with van der Waals surface area (Å²) >= 11 is 0. The Hall–Kier alpha value is -2.90. The Balaban J connectivity index is 0.00000136. The van der Waals surface area contributed by atoms with E-state index in [1.165, 1.54) is 5.56 Å². The quantitative estimate of drug-likeness (QED) is 0.446. The number of anilines is 2. The molecule has 3 N–H and O–H groups in total. The number of aromatic nitrogens is 2. The lowest BCUT2D eigenvalue weighted by Gasteiger charge is -2.13. The Morgan fingerprint density at radius 2 is 2.00 bits per heavy atom. The summed E-state index contributed by atoms with van der Waals surface area (Å²) in [5, 5.41) is 12.9. The monoisotopic (exact) mass is 384 g/mol. The Kier molecular flexibility index (Phi) is 7.54. The molecule has 0 radical (unpaired) electrons. The number of hydrogen-bond acceptors (Lipinski definition) is 5. The Morgan fingerprint density at radius 3 is 2.68 bits per heavy atom. The van der Waals surface area contributed by atoms with Crippen molar-refractivity contribution in [2.75, 3.05) is 18.5 Å². The largest absolute Gasteiger partial charge is 0.394 e. The first-order valence-corrected chi connectivity index (χ1v) is 9.33. The van der Waals surface area contributed by atoms with Gasteiger partial charge in [0, 0.05) is 24.3 Å². The van der Waals surface area contributed by atoms with Crippen molar-refractivity contribution in [3.8, 4) is 0 Å². The van der Waals surface area contributed by atoms with Crippen LogP contribution in [0, 0.1) is 13.8 Å². The molecule has 1 amide bonds. The van der Waals surface area contributed by atoms with Crippen LogP contribution in [0.15, 0.2) is 36.5 Å². The van der Waals surface area contributed by atoms with Gasteiger partial charge in [0.15, 0.2) is 0 Å². The molecule has 0 bridgehead atoms. The minimum Gasteiger partial charge on any atom is -0.394 e. The highest BCUT2D eigenvalue weighted by Crippen LogP contribution is 2.31. The maximum atomic E-state index is 12.7. The van der Waals surface area contributed by atoms with E-state index in [2.05, 4.69) is 21.8 Å². The third-order valence-corrected chi connectivity index (χ3v) is 4.17. The molecule has 1 aromatic carbocycles. The number of hydrogen-bond donors (Lipinski definition) is 3. The Morgan fingerprint density at radius 1 is 1.25 bits per heavy atom. The highest BCUT2D eigenvalue weighted by molar-refractivity contribution is 6.11. The molecule has 0 spiro atoms. The van der Waals surface area contributed by atoms with Crippen molar-refractivity contribution in [2.45, 2.75) is 27.7 Å². The van der Waals surface area contributed by atoms with Gasteiger partial charge in [-0.3, -0.25) is 9.63 Å². The summed E-state index contributed by atoms with van der Waals surface area (Å²) in [6.07, 6.45) is 1.69. The first-order chi connectivity index (χ1) is 13.5. The first-order valence-electron chi connectivity index (χ1n) is 9.33. The third-order valence-electron chi connectivity index (χ3n) is 4.17. The summed E-state index contributed by atoms with van der Waals surface area (Å²) in [5.41, 5.74) is 6.65. The van der Waals surface area contributed by atoms with Gasteiger partial charge in [0.2, 0.25) is 0 Å². The van der Waals surface area contributed by atoms with Gasteiger partial charge in [-0.25, -0.2) is 10.5 Å². The van der Waals surface area contributed by atoms with Crippen molar-refractivity contribution in [3.05, 3.63) is 53.2 Å². The highest BCUT2D eigenvalue weighted by Gasteiger charge is 2.22. The van der Waals surface area contributed by atoms with Crippen LogP contribution in [0.2, 0.25) is 0 Å². The summed E-state index contributed by atoms with van der Waals surface area (Å²) < 4.78 is 1.84. The fourth-order valence-corrected chi connectivity index (χ4v) is 2.93. The molecule has 7 heteroatoms. The van der Waals surface area contributed by atoms with Crippen molar-refractivity contribution in [1.29, 1.82) is 0 Å². The molecule has 2 aromatic heterocycles. The Bertz CT molecular complexity index is 950. The van der Waals surface area contributed by atoms with Gasteiger partial charge in [0.1, 0.15) is 11.5 Å². The standard InChI is InChI=1S/C19H22N4O3.C2H6/c1-12-6-7-15(13(2)11-12)21-18-16(19(25)22-26-10-9-24)14-5-4-8-20-17(14)23(18)3;1-2/h4-8,11,21,24H,9-10H2,1-3H3,(H,22,25);1-2H3. The summed E-state index contributed by atoms with van der Waals surface area (Å²) in [7, 11) is 1.85. The van der Waals surface area contributed by atoms with Crippen LogP contribution in [0.1, 0.15) is 35.3 Å². The molecule has 28 heavy (non-hydrogen) atoms. The second-order valence-electron chi connectivity index (χ2n) is 6.10. The molecule has 0 saturated carbocycles. The van der Waals surface area contributed by atoms with Gasteiger partial charge >= 0.3 is 0 Å². The van der Waals surface area contributed by atoms with Crippen molar-refractivity contribution in [3.63, 3.8) is 0 Å². The zero-order valence-electron chi connectivity index (χ0n) is 17.0. The van der Waals surface area contributed by atoms with E-state index in [9.17, 15) is 4.79 Å². The molecular weight excluding hydrogens is 356 g/mol. The van der Waals surface area contributed by atoms with Gasteiger partial charge in [-0.1, -0.05) is 31.5 Å². The van der Waals surface area contributed by atoms with E-state index in [0.29, 0.717) is 22.4 Å². The number of pyridine rings is 1. The number of aliphatic hydroxyl groups is 1. The van der Waals surface area contributed by atoms with Gasteiger partial charge in [0.25, 0.3) is 5.91 Å². The zero-order chi connectivity index (χ0) is 20.7. The minimum absolute atomic E-state index is 0.0224. The van der Waals surface area contributed by atoms with E-state index in [1.807, 2.05) is 57.5 Å². The van der Waals surface area contributed by atoms with Crippen molar-refractivity contribution in [1.82, 2.24) is 15.0 Å². The van der Waals surface area contributed by atoms with E-state index in [0.717, 1.165) is 11.3 Å². The average Bonchev–Trinajstić information content (AvgIpc) is 2.98. The zero-order valence-corrected chi connectivity index (χ0v) is 17.0. The molecule has 0 aliphatic carbocycles. The molecule has 3 aromatic rings. The number of nitrogens with one attached hydrogen (secondary N) is 2. The number of aliphatic hydroxyl groups excluding tert-OH is 1. The predicted molar refractivity (Wildman–Crippen MR) is 112 cm³/mol. The number of hydroxylamine groups is 1. The summed E-state index contributed by atoms with van der Waals surface area (Å²) in [6.45, 7) is 7.90. The van der Waals surface area contributed by atoms with Crippen LogP contribution < -0.4 is 10.8 Å². The smallest absolute Gasteiger partial charge is 0.279 e. The second-order valence-corrected chi connectivity index (χ2v) is 6.10. The molecule has 0 aliphatic rings. The molecule has 2 heterocycles. The van der Waals surface area contributed by atoms with Crippen LogP contribution in [0.5, 0.6) is 0 Å². The second kappa shape index (κ2) is 9.87. The number of rotatable bonds is 6. The van der Waals surface area contributed by atoms with Crippen molar-refractivity contribution >= 4 is 28.4 Å².